The molecule has 0 aliphatic rings. The molecule has 2 aromatic carbocycles. The summed E-state index contributed by atoms with van der Waals surface area (Å²) in [5.41, 5.74) is 0.780. The smallest absolute Gasteiger partial charge is 0.408 e. The number of nitrogens with one attached hydrogen (secondary N) is 2. The molecule has 0 fully saturated rings. The van der Waals surface area contributed by atoms with Crippen LogP contribution in [0.3, 0.4) is 0 Å². The monoisotopic (exact) mass is 427 g/mol. The summed E-state index contributed by atoms with van der Waals surface area (Å²) in [5, 5.41) is 26.3. The van der Waals surface area contributed by atoms with Crippen LogP contribution in [-0.4, -0.2) is 44.0 Å². The van der Waals surface area contributed by atoms with E-state index in [0.717, 1.165) is 4.73 Å². The lowest BCUT2D eigenvalue weighted by Gasteiger charge is -2.19. The van der Waals surface area contributed by atoms with Crippen LogP contribution in [0.25, 0.3) is 22.4 Å². The van der Waals surface area contributed by atoms with Crippen LogP contribution in [0.4, 0.5) is 16.2 Å². The van der Waals surface area contributed by atoms with Gasteiger partial charge < -0.3 is 20.6 Å². The van der Waals surface area contributed by atoms with Crippen molar-refractivity contribution in [3.8, 4) is 11.4 Å². The number of anilines is 1. The number of rotatable bonds is 5. The van der Waals surface area contributed by atoms with Gasteiger partial charge in [0.15, 0.2) is 5.82 Å². The molecule has 0 saturated carbocycles. The van der Waals surface area contributed by atoms with Gasteiger partial charge in [0, 0.05) is 23.4 Å². The Morgan fingerprint density at radius 2 is 1.87 bits per heavy atom. The van der Waals surface area contributed by atoms with Crippen molar-refractivity contribution in [1.29, 1.82) is 0 Å². The summed E-state index contributed by atoms with van der Waals surface area (Å²) in [7, 11) is 0. The molecule has 0 radical (unpaired) electrons. The summed E-state index contributed by atoms with van der Waals surface area (Å²) in [5.74, 6) is -0.250. The Bertz CT molecular complexity index is 1150. The molecule has 0 aliphatic carbocycles. The molecule has 3 rings (SSSR count). The first-order chi connectivity index (χ1) is 14.5. The quantitative estimate of drug-likeness (QED) is 0.321. The average Bonchev–Trinajstić information content (AvgIpc) is 3.02. The molecule has 2 amide bonds. The van der Waals surface area contributed by atoms with Crippen molar-refractivity contribution in [2.45, 2.75) is 26.4 Å². The first-order valence-electron chi connectivity index (χ1n) is 9.27. The molecule has 162 valence electrons. The summed E-state index contributed by atoms with van der Waals surface area (Å²) in [4.78, 5) is 38.3. The number of imidazole rings is 1. The molecule has 3 aromatic rings. The van der Waals surface area contributed by atoms with Crippen molar-refractivity contribution >= 4 is 34.4 Å². The van der Waals surface area contributed by atoms with E-state index in [0.29, 0.717) is 16.8 Å². The number of hydrogen-bond donors (Lipinski definition) is 3. The van der Waals surface area contributed by atoms with Crippen molar-refractivity contribution < 1.29 is 24.5 Å². The number of amides is 2. The standard InChI is InChI=1S/C20H21N5O6/c1-20(2,3)31-19(27)21-11-17(26)22-13-6-4-12(5-7-13)18-23-15-9-8-14(25(29)30)10-16(15)24(18)28/h4-10,28H,11H2,1-3H3,(H,21,27)(H,22,26). The van der Waals surface area contributed by atoms with E-state index in [1.165, 1.54) is 18.2 Å². The largest absolute Gasteiger partial charge is 0.444 e. The van der Waals surface area contributed by atoms with E-state index in [2.05, 4.69) is 15.6 Å². The topological polar surface area (TPSA) is 149 Å². The van der Waals surface area contributed by atoms with Gasteiger partial charge in [-0.25, -0.2) is 9.78 Å². The number of nitrogens with zero attached hydrogens (tertiary/aromatic N) is 3. The highest BCUT2D eigenvalue weighted by Crippen LogP contribution is 2.27. The molecule has 1 aromatic heterocycles. The van der Waals surface area contributed by atoms with Gasteiger partial charge in [-0.1, -0.05) is 0 Å². The molecule has 11 heteroatoms. The predicted molar refractivity (Wildman–Crippen MR) is 112 cm³/mol. The Balaban J connectivity index is 1.68. The highest BCUT2D eigenvalue weighted by Gasteiger charge is 2.17. The van der Waals surface area contributed by atoms with Gasteiger partial charge in [0.2, 0.25) is 5.91 Å². The Morgan fingerprint density at radius 3 is 2.48 bits per heavy atom. The maximum Gasteiger partial charge on any atom is 0.408 e. The molecule has 0 aliphatic heterocycles. The molecule has 0 saturated heterocycles. The highest BCUT2D eigenvalue weighted by atomic mass is 16.6. The molecule has 0 spiro atoms. The highest BCUT2D eigenvalue weighted by molar-refractivity contribution is 5.94. The van der Waals surface area contributed by atoms with Crippen LogP contribution in [-0.2, 0) is 9.53 Å². The van der Waals surface area contributed by atoms with E-state index >= 15 is 0 Å². The summed E-state index contributed by atoms with van der Waals surface area (Å²) < 4.78 is 5.84. The first kappa shape index (κ1) is 21.6. The minimum absolute atomic E-state index is 0.160. The zero-order valence-corrected chi connectivity index (χ0v) is 17.1. The molecule has 1 heterocycles. The second kappa shape index (κ2) is 8.30. The zero-order valence-electron chi connectivity index (χ0n) is 17.1. The molecular weight excluding hydrogens is 406 g/mol. The average molecular weight is 427 g/mol. The predicted octanol–water partition coefficient (Wildman–Crippen LogP) is 3.31. The number of nitro benzene ring substituents is 1. The normalized spacial score (nSPS) is 11.2. The van der Waals surface area contributed by atoms with Gasteiger partial charge in [0.05, 0.1) is 10.4 Å². The fourth-order valence-electron chi connectivity index (χ4n) is 2.73. The second-order valence-corrected chi connectivity index (χ2v) is 7.66. The number of carbonyl (C=O) groups is 2. The fraction of sp³-hybridized carbons (Fsp3) is 0.250. The van der Waals surface area contributed by atoms with Crippen LogP contribution in [0, 0.1) is 10.1 Å². The Hall–Kier alpha value is -4.15. The number of non-ortho nitro benzene ring substituents is 1. The van der Waals surface area contributed by atoms with Gasteiger partial charge in [-0.15, -0.1) is 0 Å². The second-order valence-electron chi connectivity index (χ2n) is 7.66. The van der Waals surface area contributed by atoms with Gasteiger partial charge in [-0.05, 0) is 51.1 Å². The fourth-order valence-corrected chi connectivity index (χ4v) is 2.73. The third kappa shape index (κ3) is 5.26. The SMILES string of the molecule is CC(C)(C)OC(=O)NCC(=O)Nc1ccc(-c2nc3ccc([N+](=O)[O-])cc3n2O)cc1. The number of ether oxygens (including phenoxy) is 1. The summed E-state index contributed by atoms with van der Waals surface area (Å²) >= 11 is 0. The third-order valence-electron chi connectivity index (χ3n) is 4.04. The number of carbonyl (C=O) groups excluding carboxylic acids is 2. The van der Waals surface area contributed by atoms with Gasteiger partial charge >= 0.3 is 6.09 Å². The van der Waals surface area contributed by atoms with Crippen molar-refractivity contribution in [1.82, 2.24) is 15.0 Å². The van der Waals surface area contributed by atoms with Crippen LogP contribution in [0.15, 0.2) is 42.5 Å². The van der Waals surface area contributed by atoms with Gasteiger partial charge in [-0.2, -0.15) is 4.73 Å². The number of benzene rings is 2. The minimum atomic E-state index is -0.694. The lowest BCUT2D eigenvalue weighted by molar-refractivity contribution is -0.384. The minimum Gasteiger partial charge on any atom is -0.444 e. The molecule has 11 nitrogen and oxygen atoms in total. The van der Waals surface area contributed by atoms with E-state index < -0.39 is 22.5 Å². The van der Waals surface area contributed by atoms with Gasteiger partial charge in [-0.3, -0.25) is 14.9 Å². The van der Waals surface area contributed by atoms with E-state index in [1.54, 1.807) is 45.0 Å². The lowest BCUT2D eigenvalue weighted by atomic mass is 10.2. The molecule has 0 unspecified atom stereocenters. The maximum absolute atomic E-state index is 12.0. The maximum atomic E-state index is 12.0. The number of aromatic nitrogens is 2. The van der Waals surface area contributed by atoms with E-state index in [4.69, 9.17) is 4.74 Å². The number of alkyl carbamates (subject to hydrolysis) is 1. The number of hydrogen-bond acceptors (Lipinski definition) is 7. The van der Waals surface area contributed by atoms with Crippen molar-refractivity contribution in [3.63, 3.8) is 0 Å². The number of fused-ring (bicyclic) bond motifs is 1. The van der Waals surface area contributed by atoms with Crippen LogP contribution >= 0.6 is 0 Å². The molecule has 3 N–H and O–H groups in total. The third-order valence-corrected chi connectivity index (χ3v) is 4.04. The molecule has 0 atom stereocenters. The van der Waals surface area contributed by atoms with Crippen LogP contribution in [0.1, 0.15) is 20.8 Å². The van der Waals surface area contributed by atoms with E-state index in [-0.39, 0.29) is 23.6 Å². The Morgan fingerprint density at radius 1 is 1.19 bits per heavy atom. The first-order valence-corrected chi connectivity index (χ1v) is 9.27. The number of nitro groups is 1. The van der Waals surface area contributed by atoms with Gasteiger partial charge in [0.25, 0.3) is 5.69 Å². The van der Waals surface area contributed by atoms with E-state index in [1.807, 2.05) is 0 Å². The summed E-state index contributed by atoms with van der Waals surface area (Å²) in [6.07, 6.45) is -0.694. The van der Waals surface area contributed by atoms with Crippen LogP contribution < -0.4 is 10.6 Å². The van der Waals surface area contributed by atoms with Crippen molar-refractivity contribution in [2.24, 2.45) is 0 Å². The van der Waals surface area contributed by atoms with Gasteiger partial charge in [0.1, 0.15) is 17.7 Å². The Labute approximate surface area is 176 Å². The van der Waals surface area contributed by atoms with Crippen LogP contribution in [0.2, 0.25) is 0 Å². The molecular formula is C20H21N5O6. The van der Waals surface area contributed by atoms with E-state index in [9.17, 15) is 24.9 Å². The van der Waals surface area contributed by atoms with Crippen molar-refractivity contribution in [3.05, 3.63) is 52.6 Å². The lowest BCUT2D eigenvalue weighted by Crippen LogP contribution is -2.37. The summed E-state index contributed by atoms with van der Waals surface area (Å²) in [6.45, 7) is 4.89. The Kier molecular flexibility index (Phi) is 5.77. The molecule has 31 heavy (non-hydrogen) atoms. The summed E-state index contributed by atoms with van der Waals surface area (Å²) in [6, 6.07) is 10.4. The zero-order chi connectivity index (χ0) is 22.8. The van der Waals surface area contributed by atoms with Crippen molar-refractivity contribution in [2.75, 3.05) is 11.9 Å². The molecule has 0 bridgehead atoms. The van der Waals surface area contributed by atoms with Crippen LogP contribution in [0.5, 0.6) is 0 Å².